The van der Waals surface area contributed by atoms with Gasteiger partial charge in [-0.2, -0.15) is 26.3 Å². The van der Waals surface area contributed by atoms with Gasteiger partial charge in [0.15, 0.2) is 0 Å². The van der Waals surface area contributed by atoms with E-state index in [1.165, 1.54) is 0 Å². The molecule has 0 aliphatic heterocycles. The second-order valence-corrected chi connectivity index (χ2v) is 7.57. The summed E-state index contributed by atoms with van der Waals surface area (Å²) in [7, 11) is 0.680. The van der Waals surface area contributed by atoms with Crippen molar-refractivity contribution < 1.29 is 39.9 Å². The lowest BCUT2D eigenvalue weighted by molar-refractivity contribution is -0.143. The molecular weight excluding hydrogens is 414 g/mol. The van der Waals surface area contributed by atoms with Crippen molar-refractivity contribution in [1.29, 1.82) is 0 Å². The molecule has 13 heteroatoms. The molecule has 2 aromatic rings. The third kappa shape index (κ3) is 4.48. The maximum absolute atomic E-state index is 13.1. The van der Waals surface area contributed by atoms with E-state index in [0.717, 1.165) is 6.20 Å². The molecule has 0 saturated carbocycles. The highest BCUT2D eigenvalue weighted by atomic mass is 35.7. The first-order chi connectivity index (χ1) is 11.7. The fraction of sp³-hybridized carbons (Fsp3) is 0.308. The van der Waals surface area contributed by atoms with Crippen LogP contribution in [0, 0.1) is 0 Å². The summed E-state index contributed by atoms with van der Waals surface area (Å²) in [5.74, 6) is 0. The number of alkyl halides is 6. The Kier molecular flexibility index (Phi) is 5.32. The SMILES string of the molecule is O=S(=O)(Cl)c1nc(CO)cn1Cc1ccc(C(F)(F)F)cc1C(F)(F)F. The summed E-state index contributed by atoms with van der Waals surface area (Å²) in [4.78, 5) is 3.48. The van der Waals surface area contributed by atoms with Crippen molar-refractivity contribution in [3.8, 4) is 0 Å². The molecule has 0 aliphatic rings. The number of halogens is 7. The van der Waals surface area contributed by atoms with Crippen LogP contribution < -0.4 is 0 Å². The summed E-state index contributed by atoms with van der Waals surface area (Å²) in [5.41, 5.74) is -3.90. The number of rotatable bonds is 4. The Labute approximate surface area is 147 Å². The third-order valence-electron chi connectivity index (χ3n) is 3.25. The molecule has 1 N–H and O–H groups in total. The Balaban J connectivity index is 2.59. The number of nitrogens with zero attached hydrogens (tertiary/aromatic N) is 2. The zero-order valence-electron chi connectivity index (χ0n) is 12.4. The molecule has 144 valence electrons. The number of aliphatic hydroxyl groups is 1. The Morgan fingerprint density at radius 2 is 1.73 bits per heavy atom. The van der Waals surface area contributed by atoms with Gasteiger partial charge in [-0.1, -0.05) is 6.07 Å². The smallest absolute Gasteiger partial charge is 0.390 e. The summed E-state index contributed by atoms with van der Waals surface area (Å²) < 4.78 is 101. The molecule has 0 aliphatic carbocycles. The summed E-state index contributed by atoms with van der Waals surface area (Å²) in [5, 5.41) is 8.16. The standard InChI is InChI=1S/C13H9ClF6N2O3S/c14-26(24,25)11-21-9(6-23)5-22(11)4-7-1-2-8(12(15,16)17)3-10(7)13(18,19)20/h1-3,5,23H,4,6H2. The summed E-state index contributed by atoms with van der Waals surface area (Å²) in [6.45, 7) is -1.49. The van der Waals surface area contributed by atoms with Gasteiger partial charge in [-0.25, -0.2) is 13.4 Å². The Morgan fingerprint density at radius 3 is 2.19 bits per heavy atom. The van der Waals surface area contributed by atoms with E-state index < -0.39 is 56.4 Å². The first kappa shape index (κ1) is 20.5. The van der Waals surface area contributed by atoms with Gasteiger partial charge in [0.1, 0.15) is 0 Å². The van der Waals surface area contributed by atoms with E-state index in [1.807, 2.05) is 0 Å². The highest BCUT2D eigenvalue weighted by Gasteiger charge is 2.38. The molecule has 1 aromatic carbocycles. The quantitative estimate of drug-likeness (QED) is 0.605. The number of aliphatic hydroxyl groups excluding tert-OH is 1. The molecule has 0 fully saturated rings. The number of benzene rings is 1. The van der Waals surface area contributed by atoms with Crippen LogP contribution in [0.2, 0.25) is 0 Å². The van der Waals surface area contributed by atoms with Crippen LogP contribution >= 0.6 is 10.7 Å². The minimum absolute atomic E-state index is 0.0614. The van der Waals surface area contributed by atoms with Gasteiger partial charge < -0.3 is 9.67 Å². The van der Waals surface area contributed by atoms with Crippen LogP contribution in [0.25, 0.3) is 0 Å². The summed E-state index contributed by atoms with van der Waals surface area (Å²) in [6, 6.07) is 0.978. The minimum atomic E-state index is -5.11. The van der Waals surface area contributed by atoms with Crippen LogP contribution in [0.3, 0.4) is 0 Å². The number of hydrogen-bond donors (Lipinski definition) is 1. The number of aromatic nitrogens is 2. The van der Waals surface area contributed by atoms with Crippen LogP contribution in [0.1, 0.15) is 22.4 Å². The predicted octanol–water partition coefficient (Wildman–Crippen LogP) is 3.39. The Hall–Kier alpha value is -1.79. The minimum Gasteiger partial charge on any atom is -0.390 e. The van der Waals surface area contributed by atoms with E-state index in [2.05, 4.69) is 4.98 Å². The van der Waals surface area contributed by atoms with Crippen LogP contribution in [0.15, 0.2) is 29.6 Å². The van der Waals surface area contributed by atoms with E-state index >= 15 is 0 Å². The molecule has 2 rings (SSSR count). The second-order valence-electron chi connectivity index (χ2n) is 5.11. The average molecular weight is 423 g/mol. The van der Waals surface area contributed by atoms with E-state index in [1.54, 1.807) is 0 Å². The van der Waals surface area contributed by atoms with Crippen molar-refractivity contribution in [2.75, 3.05) is 0 Å². The van der Waals surface area contributed by atoms with Crippen molar-refractivity contribution in [2.45, 2.75) is 30.7 Å². The van der Waals surface area contributed by atoms with Crippen molar-refractivity contribution in [3.05, 3.63) is 46.8 Å². The average Bonchev–Trinajstić information content (AvgIpc) is 2.88. The Bertz CT molecular complexity index is 921. The molecule has 0 amide bonds. The summed E-state index contributed by atoms with van der Waals surface area (Å²) in [6.07, 6.45) is -9.16. The second kappa shape index (κ2) is 6.74. The molecule has 0 radical (unpaired) electrons. The molecule has 0 unspecified atom stereocenters. The zero-order valence-corrected chi connectivity index (χ0v) is 14.0. The highest BCUT2D eigenvalue weighted by molar-refractivity contribution is 8.13. The van der Waals surface area contributed by atoms with Crippen LogP contribution in [-0.4, -0.2) is 23.1 Å². The topological polar surface area (TPSA) is 72.2 Å². The lowest BCUT2D eigenvalue weighted by Crippen LogP contribution is -2.16. The monoisotopic (exact) mass is 422 g/mol. The first-order valence-corrected chi connectivity index (χ1v) is 8.93. The maximum atomic E-state index is 13.1. The maximum Gasteiger partial charge on any atom is 0.416 e. The normalized spacial score (nSPS) is 13.2. The van der Waals surface area contributed by atoms with E-state index in [-0.39, 0.29) is 11.8 Å². The number of hydrogen-bond acceptors (Lipinski definition) is 4. The molecule has 5 nitrogen and oxygen atoms in total. The van der Waals surface area contributed by atoms with Crippen molar-refractivity contribution in [1.82, 2.24) is 9.55 Å². The lowest BCUT2D eigenvalue weighted by Gasteiger charge is -2.16. The van der Waals surface area contributed by atoms with E-state index in [4.69, 9.17) is 15.8 Å². The fourth-order valence-corrected chi connectivity index (χ4v) is 3.17. The molecule has 0 saturated heterocycles. The van der Waals surface area contributed by atoms with Crippen molar-refractivity contribution >= 4 is 19.7 Å². The van der Waals surface area contributed by atoms with E-state index in [9.17, 15) is 34.8 Å². The molecule has 0 spiro atoms. The molecule has 0 atom stereocenters. The lowest BCUT2D eigenvalue weighted by atomic mass is 10.0. The van der Waals surface area contributed by atoms with E-state index in [0.29, 0.717) is 16.7 Å². The number of imidazole rings is 1. The molecule has 0 bridgehead atoms. The largest absolute Gasteiger partial charge is 0.416 e. The van der Waals surface area contributed by atoms with Gasteiger partial charge in [0.05, 0.1) is 30.0 Å². The molecule has 1 heterocycles. The first-order valence-electron chi connectivity index (χ1n) is 6.62. The van der Waals surface area contributed by atoms with Crippen molar-refractivity contribution in [3.63, 3.8) is 0 Å². The van der Waals surface area contributed by atoms with Crippen LogP contribution in [0.4, 0.5) is 26.3 Å². The molecule has 1 aromatic heterocycles. The molecular formula is C13H9ClF6N2O3S. The highest BCUT2D eigenvalue weighted by Crippen LogP contribution is 2.37. The van der Waals surface area contributed by atoms with Crippen LogP contribution in [0.5, 0.6) is 0 Å². The van der Waals surface area contributed by atoms with Gasteiger partial charge in [0.2, 0.25) is 5.16 Å². The fourth-order valence-electron chi connectivity index (χ4n) is 2.17. The van der Waals surface area contributed by atoms with Gasteiger partial charge in [-0.05, 0) is 17.7 Å². The predicted molar refractivity (Wildman–Crippen MR) is 76.7 cm³/mol. The van der Waals surface area contributed by atoms with Gasteiger partial charge in [-0.15, -0.1) is 0 Å². The van der Waals surface area contributed by atoms with Gasteiger partial charge >= 0.3 is 12.4 Å². The van der Waals surface area contributed by atoms with Gasteiger partial charge in [-0.3, -0.25) is 0 Å². The summed E-state index contributed by atoms with van der Waals surface area (Å²) >= 11 is 0. The Morgan fingerprint density at radius 1 is 1.12 bits per heavy atom. The van der Waals surface area contributed by atoms with Gasteiger partial charge in [0.25, 0.3) is 9.05 Å². The van der Waals surface area contributed by atoms with Crippen molar-refractivity contribution in [2.24, 2.45) is 0 Å². The zero-order chi connectivity index (χ0) is 19.9. The molecule has 26 heavy (non-hydrogen) atoms. The van der Waals surface area contributed by atoms with Gasteiger partial charge in [0, 0.05) is 16.9 Å². The third-order valence-corrected chi connectivity index (χ3v) is 4.43. The van der Waals surface area contributed by atoms with Crippen LogP contribution in [-0.2, 0) is 34.6 Å².